The molecule has 0 aliphatic heterocycles. The lowest BCUT2D eigenvalue weighted by molar-refractivity contribution is 0.539. The van der Waals surface area contributed by atoms with Crippen LogP contribution in [-0.2, 0) is 12.8 Å². The quantitative estimate of drug-likeness (QED) is 0.662. The molecule has 0 aromatic carbocycles. The van der Waals surface area contributed by atoms with Crippen molar-refractivity contribution in [2.24, 2.45) is 5.73 Å². The summed E-state index contributed by atoms with van der Waals surface area (Å²) in [6.07, 6.45) is 14.3. The molecule has 0 saturated carbocycles. The molecule has 1 aliphatic carbocycles. The molecule has 3 heteroatoms. The maximum atomic E-state index is 6.27. The van der Waals surface area contributed by atoms with Crippen LogP contribution in [0.2, 0.25) is 0 Å². The van der Waals surface area contributed by atoms with Gasteiger partial charge in [0.05, 0.1) is 11.7 Å². The van der Waals surface area contributed by atoms with Gasteiger partial charge in [0.2, 0.25) is 0 Å². The summed E-state index contributed by atoms with van der Waals surface area (Å²) in [7, 11) is 0. The summed E-state index contributed by atoms with van der Waals surface area (Å²) in [6.45, 7) is 2.27. The van der Waals surface area contributed by atoms with Gasteiger partial charge in [-0.25, -0.2) is 4.98 Å². The average molecular weight is 280 g/mol. The Balaban J connectivity index is 1.60. The van der Waals surface area contributed by atoms with Gasteiger partial charge >= 0.3 is 0 Å². The summed E-state index contributed by atoms with van der Waals surface area (Å²) in [5.74, 6) is 0. The second-order valence-corrected chi connectivity index (χ2v) is 6.91. The number of hydrogen-bond acceptors (Lipinski definition) is 3. The number of hydrogen-bond donors (Lipinski definition) is 1. The molecule has 1 aromatic rings. The van der Waals surface area contributed by atoms with E-state index in [4.69, 9.17) is 10.7 Å². The van der Waals surface area contributed by atoms with Crippen LogP contribution in [0.15, 0.2) is 0 Å². The molecule has 1 atom stereocenters. The Morgan fingerprint density at radius 1 is 1.11 bits per heavy atom. The number of aromatic nitrogens is 1. The second-order valence-electron chi connectivity index (χ2n) is 5.79. The highest BCUT2D eigenvalue weighted by atomic mass is 32.1. The topological polar surface area (TPSA) is 38.9 Å². The molecule has 0 saturated heterocycles. The van der Waals surface area contributed by atoms with Crippen molar-refractivity contribution in [2.45, 2.75) is 83.6 Å². The molecule has 0 radical (unpaired) electrons. The van der Waals surface area contributed by atoms with E-state index in [0.29, 0.717) is 0 Å². The Kier molecular flexibility index (Phi) is 6.32. The zero-order valence-electron chi connectivity index (χ0n) is 12.3. The standard InChI is InChI=1S/C16H28N2S/c1-2-3-4-5-6-7-8-10-13(17)16-18-14-11-9-12-15(14)19-16/h13H,2-12,17H2,1H3. The van der Waals surface area contributed by atoms with Crippen LogP contribution in [0.3, 0.4) is 0 Å². The molecule has 108 valence electrons. The van der Waals surface area contributed by atoms with Gasteiger partial charge in [-0.1, -0.05) is 51.9 Å². The second kappa shape index (κ2) is 8.01. The van der Waals surface area contributed by atoms with Crippen molar-refractivity contribution in [3.63, 3.8) is 0 Å². The van der Waals surface area contributed by atoms with Gasteiger partial charge in [0.1, 0.15) is 5.01 Å². The van der Waals surface area contributed by atoms with Gasteiger partial charge < -0.3 is 5.73 Å². The number of fused-ring (bicyclic) bond motifs is 1. The highest BCUT2D eigenvalue weighted by Gasteiger charge is 2.19. The average Bonchev–Trinajstić information content (AvgIpc) is 2.98. The van der Waals surface area contributed by atoms with Crippen molar-refractivity contribution in [1.29, 1.82) is 0 Å². The molecule has 0 fully saturated rings. The fourth-order valence-corrected chi connectivity index (χ4v) is 4.00. The smallest absolute Gasteiger partial charge is 0.110 e. The van der Waals surface area contributed by atoms with E-state index >= 15 is 0 Å². The Morgan fingerprint density at radius 2 is 1.84 bits per heavy atom. The van der Waals surface area contributed by atoms with Crippen LogP contribution in [0.5, 0.6) is 0 Å². The Morgan fingerprint density at radius 3 is 2.58 bits per heavy atom. The molecule has 0 amide bonds. The lowest BCUT2D eigenvalue weighted by Gasteiger charge is -2.08. The van der Waals surface area contributed by atoms with Crippen LogP contribution in [-0.4, -0.2) is 4.98 Å². The molecule has 1 aliphatic rings. The van der Waals surface area contributed by atoms with Crippen molar-refractivity contribution in [3.05, 3.63) is 15.6 Å². The number of rotatable bonds is 9. The fraction of sp³-hybridized carbons (Fsp3) is 0.812. The Labute approximate surface area is 121 Å². The summed E-state index contributed by atoms with van der Waals surface area (Å²) in [4.78, 5) is 6.23. The first-order chi connectivity index (χ1) is 9.31. The predicted octanol–water partition coefficient (Wildman–Crippen LogP) is 4.77. The molecule has 19 heavy (non-hydrogen) atoms. The molecule has 2 rings (SSSR count). The molecule has 2 nitrogen and oxygen atoms in total. The van der Waals surface area contributed by atoms with Gasteiger partial charge in [0.15, 0.2) is 0 Å². The summed E-state index contributed by atoms with van der Waals surface area (Å²) < 4.78 is 0. The van der Waals surface area contributed by atoms with Crippen LogP contribution < -0.4 is 5.73 Å². The normalized spacial score (nSPS) is 15.7. The molecule has 1 aromatic heterocycles. The van der Waals surface area contributed by atoms with Crippen molar-refractivity contribution >= 4 is 11.3 Å². The zero-order valence-corrected chi connectivity index (χ0v) is 13.1. The van der Waals surface area contributed by atoms with Gasteiger partial charge in [-0.3, -0.25) is 0 Å². The van der Waals surface area contributed by atoms with E-state index in [2.05, 4.69) is 6.92 Å². The first-order valence-electron chi connectivity index (χ1n) is 8.05. The van der Waals surface area contributed by atoms with E-state index in [-0.39, 0.29) is 6.04 Å². The van der Waals surface area contributed by atoms with E-state index in [0.717, 1.165) is 6.42 Å². The first-order valence-corrected chi connectivity index (χ1v) is 8.87. The maximum Gasteiger partial charge on any atom is 0.110 e. The third-order valence-electron chi connectivity index (χ3n) is 4.05. The van der Waals surface area contributed by atoms with Crippen LogP contribution in [0.4, 0.5) is 0 Å². The first kappa shape index (κ1) is 15.0. The third-order valence-corrected chi connectivity index (χ3v) is 5.34. The highest BCUT2D eigenvalue weighted by molar-refractivity contribution is 7.11. The van der Waals surface area contributed by atoms with Crippen LogP contribution >= 0.6 is 11.3 Å². The number of unbranched alkanes of at least 4 members (excludes halogenated alkanes) is 6. The van der Waals surface area contributed by atoms with E-state index in [9.17, 15) is 0 Å². The largest absolute Gasteiger partial charge is 0.322 e. The third kappa shape index (κ3) is 4.57. The van der Waals surface area contributed by atoms with Gasteiger partial charge in [-0.05, 0) is 25.7 Å². The zero-order chi connectivity index (χ0) is 13.5. The van der Waals surface area contributed by atoms with Gasteiger partial charge in [0, 0.05) is 4.88 Å². The molecular weight excluding hydrogens is 252 g/mol. The van der Waals surface area contributed by atoms with E-state index in [1.807, 2.05) is 11.3 Å². The summed E-state index contributed by atoms with van der Waals surface area (Å²) in [5.41, 5.74) is 7.61. The number of aryl methyl sites for hydroxylation is 2. The van der Waals surface area contributed by atoms with Crippen molar-refractivity contribution in [2.75, 3.05) is 0 Å². The minimum atomic E-state index is 0.186. The number of nitrogens with zero attached hydrogens (tertiary/aromatic N) is 1. The van der Waals surface area contributed by atoms with Crippen LogP contribution in [0, 0.1) is 0 Å². The summed E-state index contributed by atoms with van der Waals surface area (Å²) >= 11 is 1.87. The minimum absolute atomic E-state index is 0.186. The van der Waals surface area contributed by atoms with E-state index in [1.165, 1.54) is 79.8 Å². The molecule has 0 spiro atoms. The van der Waals surface area contributed by atoms with Gasteiger partial charge in [0.25, 0.3) is 0 Å². The fourth-order valence-electron chi connectivity index (χ4n) is 2.81. The Bertz CT molecular complexity index is 351. The maximum absolute atomic E-state index is 6.27. The molecule has 1 heterocycles. The SMILES string of the molecule is CCCCCCCCCC(N)c1nc2c(s1)CCC2. The lowest BCUT2D eigenvalue weighted by Crippen LogP contribution is -2.10. The monoisotopic (exact) mass is 280 g/mol. The summed E-state index contributed by atoms with van der Waals surface area (Å²) in [5, 5.41) is 1.19. The minimum Gasteiger partial charge on any atom is -0.322 e. The molecule has 1 unspecified atom stereocenters. The van der Waals surface area contributed by atoms with E-state index in [1.54, 1.807) is 0 Å². The number of nitrogens with two attached hydrogens (primary N) is 1. The van der Waals surface area contributed by atoms with Crippen molar-refractivity contribution in [1.82, 2.24) is 4.98 Å². The number of thiazole rings is 1. The lowest BCUT2D eigenvalue weighted by atomic mass is 10.1. The Hall–Kier alpha value is -0.410. The molecular formula is C16H28N2S. The molecule has 2 N–H and O–H groups in total. The van der Waals surface area contributed by atoms with Gasteiger partial charge in [-0.2, -0.15) is 0 Å². The van der Waals surface area contributed by atoms with E-state index < -0.39 is 0 Å². The highest BCUT2D eigenvalue weighted by Crippen LogP contribution is 2.31. The predicted molar refractivity (Wildman–Crippen MR) is 83.7 cm³/mol. The van der Waals surface area contributed by atoms with Crippen LogP contribution in [0.1, 0.15) is 86.3 Å². The van der Waals surface area contributed by atoms with Crippen molar-refractivity contribution in [3.8, 4) is 0 Å². The molecule has 0 bridgehead atoms. The van der Waals surface area contributed by atoms with Gasteiger partial charge in [-0.15, -0.1) is 11.3 Å². The summed E-state index contributed by atoms with van der Waals surface area (Å²) in [6, 6.07) is 0.186. The van der Waals surface area contributed by atoms with Crippen molar-refractivity contribution < 1.29 is 0 Å². The van der Waals surface area contributed by atoms with Crippen LogP contribution in [0.25, 0.3) is 0 Å².